The van der Waals surface area contributed by atoms with Gasteiger partial charge in [-0.2, -0.15) is 26.3 Å². The van der Waals surface area contributed by atoms with Gasteiger partial charge >= 0.3 is 18.0 Å². The number of hydrogen-bond acceptors (Lipinski definition) is 4. The number of halogens is 6. The quantitative estimate of drug-likeness (QED) is 0.656. The molecule has 11 heteroatoms. The van der Waals surface area contributed by atoms with Crippen molar-refractivity contribution in [3.05, 3.63) is 11.1 Å². The number of carbonyl (C=O) groups excluding carboxylic acids is 1. The van der Waals surface area contributed by atoms with E-state index >= 15 is 0 Å². The van der Waals surface area contributed by atoms with Crippen LogP contribution in [0.4, 0.5) is 31.5 Å². The molecule has 0 bridgehead atoms. The fourth-order valence-electron chi connectivity index (χ4n) is 1.35. The molecule has 21 heavy (non-hydrogen) atoms. The van der Waals surface area contributed by atoms with Crippen LogP contribution in [0.15, 0.2) is 6.20 Å². The summed E-state index contributed by atoms with van der Waals surface area (Å²) in [5.74, 6) is -1.40. The number of hydrogen-bond donors (Lipinski definition) is 2. The number of rotatable bonds is 4. The molecule has 1 aromatic rings. The van der Waals surface area contributed by atoms with Gasteiger partial charge in [-0.25, -0.2) is 4.98 Å². The molecule has 0 aliphatic carbocycles. The van der Waals surface area contributed by atoms with Crippen molar-refractivity contribution in [3.8, 4) is 0 Å². The minimum atomic E-state index is -5.81. The molecule has 0 atom stereocenters. The van der Waals surface area contributed by atoms with Gasteiger partial charge in [-0.1, -0.05) is 6.92 Å². The Morgan fingerprint density at radius 1 is 1.24 bits per heavy atom. The van der Waals surface area contributed by atoms with E-state index in [0.29, 0.717) is 16.2 Å². The summed E-state index contributed by atoms with van der Waals surface area (Å²) in [5, 5.41) is 1.67. The van der Waals surface area contributed by atoms with Gasteiger partial charge in [0.1, 0.15) is 0 Å². The maximum atomic E-state index is 13.0. The monoisotopic (exact) mass is 335 g/mol. The molecule has 120 valence electrons. The predicted molar refractivity (Wildman–Crippen MR) is 63.7 cm³/mol. The van der Waals surface area contributed by atoms with E-state index < -0.39 is 35.5 Å². The number of thiazole rings is 1. The molecule has 0 saturated carbocycles. The molecule has 1 amide bonds. The van der Waals surface area contributed by atoms with Gasteiger partial charge in [-0.3, -0.25) is 4.79 Å². The van der Waals surface area contributed by atoms with Crippen LogP contribution < -0.4 is 10.6 Å². The highest BCUT2D eigenvalue weighted by Gasteiger charge is 2.72. The minimum Gasteiger partial charge on any atom is -0.324 e. The number of nitrogens with zero attached hydrogens (tertiary/aromatic N) is 1. The van der Waals surface area contributed by atoms with Crippen molar-refractivity contribution in [2.45, 2.75) is 38.3 Å². The van der Waals surface area contributed by atoms with E-state index in [1.54, 1.807) is 0 Å². The van der Waals surface area contributed by atoms with Crippen molar-refractivity contribution in [1.29, 1.82) is 0 Å². The largest absolute Gasteiger partial charge is 0.439 e. The molecule has 2 N–H and O–H groups in total. The summed E-state index contributed by atoms with van der Waals surface area (Å²) in [5.41, 5.74) is -4.59. The first-order chi connectivity index (χ1) is 9.43. The molecular formula is C10H11F6N3OS. The fourth-order valence-corrected chi connectivity index (χ4v) is 2.07. The highest BCUT2D eigenvalue weighted by Crippen LogP contribution is 2.44. The van der Waals surface area contributed by atoms with Crippen molar-refractivity contribution in [3.63, 3.8) is 0 Å². The molecule has 0 aliphatic rings. The Morgan fingerprint density at radius 2 is 1.76 bits per heavy atom. The Hall–Kier alpha value is -1.52. The van der Waals surface area contributed by atoms with Crippen LogP contribution >= 0.6 is 11.3 Å². The third-order valence-corrected chi connectivity index (χ3v) is 3.24. The van der Waals surface area contributed by atoms with Crippen molar-refractivity contribution >= 4 is 22.4 Å². The van der Waals surface area contributed by atoms with Crippen molar-refractivity contribution in [2.24, 2.45) is 0 Å². The van der Waals surface area contributed by atoms with Crippen LogP contribution in [0.3, 0.4) is 0 Å². The number of alkyl halides is 6. The van der Waals surface area contributed by atoms with Crippen LogP contribution in [-0.2, 0) is 4.79 Å². The third kappa shape index (κ3) is 3.57. The zero-order chi connectivity index (χ0) is 16.5. The summed E-state index contributed by atoms with van der Waals surface area (Å²) < 4.78 is 78.2. The van der Waals surface area contributed by atoms with Gasteiger partial charge in [0.15, 0.2) is 5.13 Å². The molecule has 1 rings (SSSR count). The van der Waals surface area contributed by atoms with E-state index in [1.807, 2.05) is 0 Å². The number of amides is 1. The maximum absolute atomic E-state index is 13.0. The van der Waals surface area contributed by atoms with Gasteiger partial charge < -0.3 is 10.6 Å². The number of carbonyl (C=O) groups is 1. The molecule has 4 nitrogen and oxygen atoms in total. The highest BCUT2D eigenvalue weighted by atomic mass is 32.1. The zero-order valence-electron chi connectivity index (χ0n) is 10.8. The average Bonchev–Trinajstić information content (AvgIpc) is 2.70. The van der Waals surface area contributed by atoms with Gasteiger partial charge in [0.05, 0.1) is 0 Å². The number of aromatic nitrogens is 1. The lowest BCUT2D eigenvalue weighted by molar-refractivity contribution is -0.295. The van der Waals surface area contributed by atoms with E-state index in [1.165, 1.54) is 12.2 Å². The fraction of sp³-hybridized carbons (Fsp3) is 0.600. The van der Waals surface area contributed by atoms with Crippen molar-refractivity contribution < 1.29 is 31.1 Å². The Bertz CT molecular complexity index is 496. The smallest absolute Gasteiger partial charge is 0.324 e. The van der Waals surface area contributed by atoms with E-state index in [0.717, 1.165) is 18.4 Å². The summed E-state index contributed by atoms with van der Waals surface area (Å²) in [6.07, 6.45) is -11.0. The lowest BCUT2D eigenvalue weighted by atomic mass is 10.1. The lowest BCUT2D eigenvalue weighted by Crippen LogP contribution is -2.72. The van der Waals surface area contributed by atoms with Crippen molar-refractivity contribution in [2.75, 3.05) is 5.32 Å². The molecule has 0 saturated heterocycles. The minimum absolute atomic E-state index is 0.414. The van der Waals surface area contributed by atoms with Crippen LogP contribution in [0.2, 0.25) is 0 Å². The molecule has 0 radical (unpaired) electrons. The van der Waals surface area contributed by atoms with Gasteiger partial charge in [-0.05, 0) is 6.92 Å². The SMILES string of the molecule is CCC(=O)NC(Nc1ncc(C)s1)(C(F)(F)F)C(F)(F)F. The van der Waals surface area contributed by atoms with E-state index in [2.05, 4.69) is 4.98 Å². The summed E-state index contributed by atoms with van der Waals surface area (Å²) in [4.78, 5) is 15.0. The average molecular weight is 335 g/mol. The zero-order valence-corrected chi connectivity index (χ0v) is 11.6. The normalized spacial score (nSPS) is 13.1. The molecule has 0 spiro atoms. The van der Waals surface area contributed by atoms with Crippen LogP contribution in [0.5, 0.6) is 0 Å². The molecular weight excluding hydrogens is 324 g/mol. The van der Waals surface area contributed by atoms with E-state index in [-0.39, 0.29) is 0 Å². The number of aryl methyl sites for hydroxylation is 1. The second-order valence-corrected chi connectivity index (χ2v) is 5.28. The van der Waals surface area contributed by atoms with Crippen LogP contribution in [-0.4, -0.2) is 28.9 Å². The Kier molecular flexibility index (Phi) is 4.76. The Morgan fingerprint density at radius 3 is 2.10 bits per heavy atom. The topological polar surface area (TPSA) is 54.0 Å². The first kappa shape index (κ1) is 17.5. The van der Waals surface area contributed by atoms with Gasteiger partial charge in [0.25, 0.3) is 0 Å². The second-order valence-electron chi connectivity index (χ2n) is 4.05. The number of nitrogens with one attached hydrogen (secondary N) is 2. The summed E-state index contributed by atoms with van der Waals surface area (Å²) in [6, 6.07) is 0. The Labute approximate surface area is 119 Å². The molecule has 0 aliphatic heterocycles. The second kappa shape index (κ2) is 5.70. The summed E-state index contributed by atoms with van der Waals surface area (Å²) in [6.45, 7) is 2.61. The van der Waals surface area contributed by atoms with Gasteiger partial charge in [-0.15, -0.1) is 11.3 Å². The van der Waals surface area contributed by atoms with Crippen LogP contribution in [0.1, 0.15) is 18.2 Å². The van der Waals surface area contributed by atoms with E-state index in [4.69, 9.17) is 0 Å². The van der Waals surface area contributed by atoms with E-state index in [9.17, 15) is 31.1 Å². The Balaban J connectivity index is 3.33. The molecule has 0 aromatic carbocycles. The first-order valence-electron chi connectivity index (χ1n) is 5.58. The van der Waals surface area contributed by atoms with Crippen LogP contribution in [0, 0.1) is 6.92 Å². The standard InChI is InChI=1S/C10H11F6N3OS/c1-3-6(20)18-8(9(11,12)13,10(14,15)16)19-7-17-4-5(2)21-7/h4H,3H2,1-2H3,(H,17,19)(H,18,20). The highest BCUT2D eigenvalue weighted by molar-refractivity contribution is 7.15. The molecule has 0 unspecified atom stereocenters. The first-order valence-corrected chi connectivity index (χ1v) is 6.39. The molecule has 1 aromatic heterocycles. The predicted octanol–water partition coefficient (Wildman–Crippen LogP) is 3.21. The lowest BCUT2D eigenvalue weighted by Gasteiger charge is -2.38. The third-order valence-electron chi connectivity index (χ3n) is 2.41. The summed E-state index contributed by atoms with van der Waals surface area (Å²) >= 11 is 0.608. The maximum Gasteiger partial charge on any atom is 0.439 e. The molecule has 0 fully saturated rings. The molecule has 1 heterocycles. The number of anilines is 1. The van der Waals surface area contributed by atoms with Crippen LogP contribution in [0.25, 0.3) is 0 Å². The summed E-state index contributed by atoms with van der Waals surface area (Å²) in [7, 11) is 0. The van der Waals surface area contributed by atoms with Gasteiger partial charge in [0.2, 0.25) is 5.91 Å². The van der Waals surface area contributed by atoms with Crippen molar-refractivity contribution in [1.82, 2.24) is 10.3 Å². The van der Waals surface area contributed by atoms with Gasteiger partial charge in [0, 0.05) is 17.5 Å².